The van der Waals surface area contributed by atoms with E-state index in [1.54, 1.807) is 12.3 Å². The smallest absolute Gasteiger partial charge is 0.266 e. The molecule has 5 heteroatoms. The minimum absolute atomic E-state index is 0.138. The Kier molecular flexibility index (Phi) is 1.79. The number of nitrogens with one attached hydrogen (secondary N) is 1. The molecule has 0 aliphatic rings. The average Bonchev–Trinajstić information content (AvgIpc) is 2.66. The molecule has 0 spiro atoms. The fourth-order valence-corrected chi connectivity index (χ4v) is 2.68. The van der Waals surface area contributed by atoms with Gasteiger partial charge in [-0.15, -0.1) is 11.3 Å². The van der Waals surface area contributed by atoms with Gasteiger partial charge in [-0.1, -0.05) is 0 Å². The zero-order valence-corrected chi connectivity index (χ0v) is 8.84. The Labute approximate surface area is 93.8 Å². The Morgan fingerprint density at radius 3 is 3.19 bits per heavy atom. The second-order valence-corrected chi connectivity index (χ2v) is 4.35. The van der Waals surface area contributed by atoms with Gasteiger partial charge in [0.25, 0.3) is 5.56 Å². The number of aromatic nitrogens is 2. The molecule has 0 saturated heterocycles. The van der Waals surface area contributed by atoms with Gasteiger partial charge in [0.15, 0.2) is 0 Å². The molecule has 0 bridgehead atoms. The fourth-order valence-electron chi connectivity index (χ4n) is 1.64. The molecular weight excluding hydrogens is 222 g/mol. The molecule has 0 aliphatic carbocycles. The molecule has 0 aromatic carbocycles. The van der Waals surface area contributed by atoms with Crippen LogP contribution in [0.5, 0.6) is 0 Å². The number of rotatable bonds is 0. The minimum atomic E-state index is -0.349. The van der Waals surface area contributed by atoms with Crippen molar-refractivity contribution in [3.05, 3.63) is 40.3 Å². The summed E-state index contributed by atoms with van der Waals surface area (Å²) in [6.45, 7) is 0. The highest BCUT2D eigenvalue weighted by Gasteiger charge is 2.08. The highest BCUT2D eigenvalue weighted by Crippen LogP contribution is 2.29. The second-order valence-electron chi connectivity index (χ2n) is 3.32. The summed E-state index contributed by atoms with van der Waals surface area (Å²) in [6.07, 6.45) is 1.71. The minimum Gasteiger partial charge on any atom is -0.319 e. The molecule has 1 N–H and O–H groups in total. The maximum Gasteiger partial charge on any atom is 0.266 e. The first-order chi connectivity index (χ1) is 7.79. The third-order valence-electron chi connectivity index (χ3n) is 2.37. The van der Waals surface area contributed by atoms with Crippen molar-refractivity contribution in [3.8, 4) is 6.07 Å². The quantitative estimate of drug-likeness (QED) is 0.638. The van der Waals surface area contributed by atoms with E-state index in [4.69, 9.17) is 5.26 Å². The number of aromatic amines is 1. The molecule has 0 radical (unpaired) electrons. The number of pyridine rings is 2. The van der Waals surface area contributed by atoms with Gasteiger partial charge in [-0.3, -0.25) is 4.79 Å². The highest BCUT2D eigenvalue weighted by atomic mass is 32.1. The molecule has 3 heterocycles. The van der Waals surface area contributed by atoms with Gasteiger partial charge in [-0.05, 0) is 18.2 Å². The van der Waals surface area contributed by atoms with Crippen molar-refractivity contribution in [2.75, 3.05) is 0 Å². The Balaban J connectivity index is 2.57. The van der Waals surface area contributed by atoms with Gasteiger partial charge < -0.3 is 4.98 Å². The van der Waals surface area contributed by atoms with E-state index < -0.39 is 0 Å². The summed E-state index contributed by atoms with van der Waals surface area (Å²) < 4.78 is 0.879. The van der Waals surface area contributed by atoms with Crippen LogP contribution in [0.3, 0.4) is 0 Å². The van der Waals surface area contributed by atoms with Crippen LogP contribution in [0.4, 0.5) is 0 Å². The molecule has 0 aliphatic heterocycles. The van der Waals surface area contributed by atoms with E-state index in [0.29, 0.717) is 0 Å². The number of H-pyrrole nitrogens is 1. The number of fused-ring (bicyclic) bond motifs is 3. The zero-order chi connectivity index (χ0) is 11.1. The molecule has 0 atom stereocenters. The zero-order valence-electron chi connectivity index (χ0n) is 8.02. The van der Waals surface area contributed by atoms with Gasteiger partial charge in [-0.2, -0.15) is 5.26 Å². The largest absolute Gasteiger partial charge is 0.319 e. The first-order valence-electron chi connectivity index (χ1n) is 4.60. The fraction of sp³-hybridized carbons (Fsp3) is 0. The topological polar surface area (TPSA) is 69.5 Å². The predicted molar refractivity (Wildman–Crippen MR) is 62.5 cm³/mol. The summed E-state index contributed by atoms with van der Waals surface area (Å²) in [5.74, 6) is 0. The van der Waals surface area contributed by atoms with Crippen LogP contribution < -0.4 is 5.56 Å². The maximum absolute atomic E-state index is 11.5. The molecule has 0 unspecified atom stereocenters. The van der Waals surface area contributed by atoms with Crippen LogP contribution in [-0.2, 0) is 0 Å². The lowest BCUT2D eigenvalue weighted by molar-refractivity contribution is 1.29. The van der Waals surface area contributed by atoms with Crippen LogP contribution in [-0.4, -0.2) is 9.97 Å². The summed E-state index contributed by atoms with van der Waals surface area (Å²) in [5, 5.41) is 9.69. The van der Waals surface area contributed by atoms with E-state index in [9.17, 15) is 4.79 Å². The van der Waals surface area contributed by atoms with E-state index >= 15 is 0 Å². The Morgan fingerprint density at radius 1 is 1.50 bits per heavy atom. The third kappa shape index (κ3) is 1.14. The Morgan fingerprint density at radius 2 is 2.38 bits per heavy atom. The lowest BCUT2D eigenvalue weighted by atomic mass is 10.2. The molecule has 0 amide bonds. The number of hydrogen-bond acceptors (Lipinski definition) is 4. The van der Waals surface area contributed by atoms with Gasteiger partial charge in [-0.25, -0.2) is 4.98 Å². The van der Waals surface area contributed by atoms with E-state index in [0.717, 1.165) is 20.4 Å². The van der Waals surface area contributed by atoms with Crippen LogP contribution >= 0.6 is 11.3 Å². The molecule has 3 aromatic heterocycles. The van der Waals surface area contributed by atoms with Crippen LogP contribution in [0, 0.1) is 11.3 Å². The number of nitriles is 1. The van der Waals surface area contributed by atoms with E-state index in [2.05, 4.69) is 9.97 Å². The lowest BCUT2D eigenvalue weighted by Gasteiger charge is -1.91. The van der Waals surface area contributed by atoms with Gasteiger partial charge in [0.1, 0.15) is 16.5 Å². The number of hydrogen-bond donors (Lipinski definition) is 1. The van der Waals surface area contributed by atoms with Crippen LogP contribution in [0.2, 0.25) is 0 Å². The SMILES string of the molecule is N#Cc1cc2sc3ncccc3c2[nH]c1=O. The first-order valence-corrected chi connectivity index (χ1v) is 5.42. The van der Waals surface area contributed by atoms with Gasteiger partial charge in [0.2, 0.25) is 0 Å². The van der Waals surface area contributed by atoms with Crippen molar-refractivity contribution in [1.29, 1.82) is 5.26 Å². The molecule has 0 fully saturated rings. The van der Waals surface area contributed by atoms with Crippen molar-refractivity contribution < 1.29 is 0 Å². The van der Waals surface area contributed by atoms with E-state index in [1.807, 2.05) is 18.2 Å². The van der Waals surface area contributed by atoms with Crippen molar-refractivity contribution in [3.63, 3.8) is 0 Å². The van der Waals surface area contributed by atoms with E-state index in [-0.39, 0.29) is 11.1 Å². The Hall–Kier alpha value is -2.19. The average molecular weight is 227 g/mol. The van der Waals surface area contributed by atoms with Crippen LogP contribution in [0.25, 0.3) is 20.4 Å². The molecule has 3 aromatic rings. The standard InChI is InChI=1S/C11H5N3OS/c12-5-6-4-8-9(14-10(6)15)7-2-1-3-13-11(7)16-8/h1-4H,(H,14,15). The summed E-state index contributed by atoms with van der Waals surface area (Å²) in [7, 11) is 0. The van der Waals surface area contributed by atoms with Gasteiger partial charge in [0.05, 0.1) is 10.2 Å². The first kappa shape index (κ1) is 9.07. The monoisotopic (exact) mass is 227 g/mol. The molecule has 0 saturated carbocycles. The summed E-state index contributed by atoms with van der Waals surface area (Å²) in [4.78, 5) is 19.3. The molecular formula is C11H5N3OS. The number of nitrogens with zero attached hydrogens (tertiary/aromatic N) is 2. The van der Waals surface area contributed by atoms with Crippen molar-refractivity contribution >= 4 is 31.8 Å². The van der Waals surface area contributed by atoms with Crippen molar-refractivity contribution in [2.24, 2.45) is 0 Å². The van der Waals surface area contributed by atoms with Crippen LogP contribution in [0.1, 0.15) is 5.56 Å². The summed E-state index contributed by atoms with van der Waals surface area (Å²) in [5.41, 5.74) is 0.551. The highest BCUT2D eigenvalue weighted by molar-refractivity contribution is 7.25. The molecule has 3 rings (SSSR count). The predicted octanol–water partition coefficient (Wildman–Crippen LogP) is 2.01. The van der Waals surface area contributed by atoms with Crippen LogP contribution in [0.15, 0.2) is 29.2 Å². The van der Waals surface area contributed by atoms with Gasteiger partial charge >= 0.3 is 0 Å². The second kappa shape index (κ2) is 3.15. The Bertz CT molecular complexity index is 794. The third-order valence-corrected chi connectivity index (χ3v) is 3.43. The normalized spacial score (nSPS) is 10.7. The molecule has 76 valence electrons. The van der Waals surface area contributed by atoms with E-state index in [1.165, 1.54) is 11.3 Å². The molecule has 16 heavy (non-hydrogen) atoms. The number of thiophene rings is 1. The summed E-state index contributed by atoms with van der Waals surface area (Å²) >= 11 is 1.47. The summed E-state index contributed by atoms with van der Waals surface area (Å²) in [6, 6.07) is 7.22. The lowest BCUT2D eigenvalue weighted by Crippen LogP contribution is -2.08. The maximum atomic E-state index is 11.5. The van der Waals surface area contributed by atoms with Gasteiger partial charge in [0, 0.05) is 11.6 Å². The van der Waals surface area contributed by atoms with Crippen molar-refractivity contribution in [2.45, 2.75) is 0 Å². The van der Waals surface area contributed by atoms with Crippen molar-refractivity contribution in [1.82, 2.24) is 9.97 Å². The molecule has 4 nitrogen and oxygen atoms in total.